The number of nitrogens with one attached hydrogen (secondary N) is 1. The van der Waals surface area contributed by atoms with E-state index in [0.717, 1.165) is 0 Å². The lowest BCUT2D eigenvalue weighted by molar-refractivity contribution is -0.385. The fraction of sp³-hybridized carbons (Fsp3) is 0.235. The topological polar surface area (TPSA) is 90.7 Å². The number of hydrogen-bond acceptors (Lipinski definition) is 5. The fourth-order valence-corrected chi connectivity index (χ4v) is 2.09. The van der Waals surface area contributed by atoms with E-state index in [1.807, 2.05) is 13.8 Å². The lowest BCUT2D eigenvalue weighted by Gasteiger charge is -2.14. The number of ether oxygens (including phenoxy) is 2. The molecule has 2 rings (SSSR count). The van der Waals surface area contributed by atoms with E-state index in [0.29, 0.717) is 11.4 Å². The van der Waals surface area contributed by atoms with Gasteiger partial charge in [0.1, 0.15) is 5.75 Å². The fourth-order valence-electron chi connectivity index (χ4n) is 2.09. The van der Waals surface area contributed by atoms with Crippen LogP contribution in [0, 0.1) is 10.1 Å². The second kappa shape index (κ2) is 7.45. The SMILES string of the molecule is COc1ccc(C(=O)Nc2ccccc2OC(C)C)cc1[N+](=O)[O-]. The summed E-state index contributed by atoms with van der Waals surface area (Å²) in [5.41, 5.74) is 0.383. The lowest BCUT2D eigenvalue weighted by atomic mass is 10.1. The van der Waals surface area contributed by atoms with Crippen LogP contribution in [-0.4, -0.2) is 24.0 Å². The molecule has 2 aromatic carbocycles. The minimum absolute atomic E-state index is 0.0508. The van der Waals surface area contributed by atoms with Gasteiger partial charge in [0.25, 0.3) is 5.91 Å². The third kappa shape index (κ3) is 4.01. The van der Waals surface area contributed by atoms with Gasteiger partial charge in [0.2, 0.25) is 0 Å². The number of hydrogen-bond donors (Lipinski definition) is 1. The largest absolute Gasteiger partial charge is 0.490 e. The molecule has 0 aliphatic rings. The van der Waals surface area contributed by atoms with Gasteiger partial charge < -0.3 is 14.8 Å². The van der Waals surface area contributed by atoms with Crippen LogP contribution in [0.4, 0.5) is 11.4 Å². The minimum atomic E-state index is -0.592. The molecule has 7 nitrogen and oxygen atoms in total. The Kier molecular flexibility index (Phi) is 5.36. The first kappa shape index (κ1) is 17.3. The summed E-state index contributed by atoms with van der Waals surface area (Å²) in [7, 11) is 1.33. The van der Waals surface area contributed by atoms with Crippen molar-refractivity contribution in [3.8, 4) is 11.5 Å². The molecule has 0 fully saturated rings. The number of nitrogens with zero attached hydrogens (tertiary/aromatic N) is 1. The van der Waals surface area contributed by atoms with Crippen molar-refractivity contribution in [2.45, 2.75) is 20.0 Å². The summed E-state index contributed by atoms with van der Waals surface area (Å²) in [6.45, 7) is 3.76. The number of amides is 1. The Balaban J connectivity index is 2.28. The molecule has 0 saturated carbocycles. The Labute approximate surface area is 139 Å². The summed E-state index contributed by atoms with van der Waals surface area (Å²) in [4.78, 5) is 22.9. The first-order valence-corrected chi connectivity index (χ1v) is 7.32. The highest BCUT2D eigenvalue weighted by Crippen LogP contribution is 2.29. The van der Waals surface area contributed by atoms with Gasteiger partial charge in [0, 0.05) is 11.6 Å². The van der Waals surface area contributed by atoms with Crippen molar-refractivity contribution in [2.24, 2.45) is 0 Å². The molecule has 7 heteroatoms. The van der Waals surface area contributed by atoms with Gasteiger partial charge in [-0.2, -0.15) is 0 Å². The zero-order chi connectivity index (χ0) is 17.7. The summed E-state index contributed by atoms with van der Waals surface area (Å²) in [5, 5.41) is 13.8. The summed E-state index contributed by atoms with van der Waals surface area (Å²) in [6.07, 6.45) is -0.0508. The Morgan fingerprint density at radius 3 is 2.50 bits per heavy atom. The Hall–Kier alpha value is -3.09. The van der Waals surface area contributed by atoms with Crippen LogP contribution in [-0.2, 0) is 0 Å². The molecule has 2 aromatic rings. The maximum Gasteiger partial charge on any atom is 0.311 e. The molecule has 0 atom stereocenters. The van der Waals surface area contributed by atoms with Crippen molar-refractivity contribution in [1.29, 1.82) is 0 Å². The highest BCUT2D eigenvalue weighted by molar-refractivity contribution is 6.05. The molecule has 0 bridgehead atoms. The quantitative estimate of drug-likeness (QED) is 0.645. The third-order valence-electron chi connectivity index (χ3n) is 3.14. The predicted molar refractivity (Wildman–Crippen MR) is 89.8 cm³/mol. The Morgan fingerprint density at radius 2 is 1.88 bits per heavy atom. The minimum Gasteiger partial charge on any atom is -0.490 e. The van der Waals surface area contributed by atoms with Crippen LogP contribution in [0.1, 0.15) is 24.2 Å². The van der Waals surface area contributed by atoms with Crippen LogP contribution >= 0.6 is 0 Å². The summed E-state index contributed by atoms with van der Waals surface area (Å²) >= 11 is 0. The van der Waals surface area contributed by atoms with Crippen molar-refractivity contribution in [3.63, 3.8) is 0 Å². The number of carbonyl (C=O) groups is 1. The molecule has 0 unspecified atom stereocenters. The molecule has 0 saturated heterocycles. The summed E-state index contributed by atoms with van der Waals surface area (Å²) < 4.78 is 10.6. The van der Waals surface area contributed by atoms with E-state index in [4.69, 9.17) is 9.47 Å². The monoisotopic (exact) mass is 330 g/mol. The van der Waals surface area contributed by atoms with E-state index < -0.39 is 10.8 Å². The number of nitro groups is 1. The number of methoxy groups -OCH3 is 1. The molecule has 0 aliphatic heterocycles. The van der Waals surface area contributed by atoms with Crippen molar-refractivity contribution >= 4 is 17.3 Å². The van der Waals surface area contributed by atoms with E-state index >= 15 is 0 Å². The van der Waals surface area contributed by atoms with E-state index in [1.165, 1.54) is 25.3 Å². The Morgan fingerprint density at radius 1 is 1.17 bits per heavy atom. The molecule has 0 aromatic heterocycles. The van der Waals surface area contributed by atoms with Crippen LogP contribution in [0.2, 0.25) is 0 Å². The van der Waals surface area contributed by atoms with E-state index in [1.54, 1.807) is 24.3 Å². The molecule has 126 valence electrons. The highest BCUT2D eigenvalue weighted by Gasteiger charge is 2.19. The number of anilines is 1. The van der Waals surface area contributed by atoms with E-state index in [9.17, 15) is 14.9 Å². The van der Waals surface area contributed by atoms with Gasteiger partial charge in [-0.3, -0.25) is 14.9 Å². The van der Waals surface area contributed by atoms with Crippen molar-refractivity contribution in [3.05, 3.63) is 58.1 Å². The summed E-state index contributed by atoms with van der Waals surface area (Å²) in [6, 6.07) is 11.0. The van der Waals surface area contributed by atoms with Crippen molar-refractivity contribution in [2.75, 3.05) is 12.4 Å². The van der Waals surface area contributed by atoms with Crippen LogP contribution in [0.5, 0.6) is 11.5 Å². The van der Waals surface area contributed by atoms with Crippen molar-refractivity contribution < 1.29 is 19.2 Å². The third-order valence-corrected chi connectivity index (χ3v) is 3.14. The van der Waals surface area contributed by atoms with Crippen LogP contribution in [0.25, 0.3) is 0 Å². The average Bonchev–Trinajstić information content (AvgIpc) is 2.55. The molecule has 24 heavy (non-hydrogen) atoms. The second-order valence-corrected chi connectivity index (χ2v) is 5.26. The zero-order valence-electron chi connectivity index (χ0n) is 13.6. The van der Waals surface area contributed by atoms with Gasteiger partial charge in [-0.1, -0.05) is 12.1 Å². The first-order chi connectivity index (χ1) is 11.4. The highest BCUT2D eigenvalue weighted by atomic mass is 16.6. The maximum absolute atomic E-state index is 12.4. The van der Waals surface area contributed by atoms with Gasteiger partial charge in [-0.05, 0) is 38.1 Å². The van der Waals surface area contributed by atoms with E-state index in [-0.39, 0.29) is 23.1 Å². The summed E-state index contributed by atoms with van der Waals surface area (Å²) in [5.74, 6) is 0.157. The first-order valence-electron chi connectivity index (χ1n) is 7.32. The van der Waals surface area contributed by atoms with Crippen molar-refractivity contribution in [1.82, 2.24) is 0 Å². The average molecular weight is 330 g/mol. The molecule has 0 heterocycles. The smallest absolute Gasteiger partial charge is 0.311 e. The number of benzene rings is 2. The van der Waals surface area contributed by atoms with Crippen LogP contribution in [0.15, 0.2) is 42.5 Å². The number of nitro benzene ring substituents is 1. The molecule has 0 aliphatic carbocycles. The van der Waals surface area contributed by atoms with Gasteiger partial charge in [0.05, 0.1) is 23.8 Å². The van der Waals surface area contributed by atoms with Gasteiger partial charge in [-0.15, -0.1) is 0 Å². The molecule has 1 N–H and O–H groups in total. The van der Waals surface area contributed by atoms with Crippen LogP contribution in [0.3, 0.4) is 0 Å². The molecular formula is C17H18N2O5. The maximum atomic E-state index is 12.4. The number of para-hydroxylation sites is 2. The normalized spacial score (nSPS) is 10.3. The molecule has 1 amide bonds. The number of rotatable bonds is 6. The van der Waals surface area contributed by atoms with Gasteiger partial charge in [-0.25, -0.2) is 0 Å². The second-order valence-electron chi connectivity index (χ2n) is 5.26. The Bertz CT molecular complexity index is 758. The van der Waals surface area contributed by atoms with E-state index in [2.05, 4.69) is 5.32 Å². The number of carbonyl (C=O) groups excluding carboxylic acids is 1. The molecule has 0 radical (unpaired) electrons. The van der Waals surface area contributed by atoms with Crippen LogP contribution < -0.4 is 14.8 Å². The molecular weight excluding hydrogens is 312 g/mol. The van der Waals surface area contributed by atoms with Gasteiger partial charge >= 0.3 is 5.69 Å². The molecule has 0 spiro atoms. The zero-order valence-corrected chi connectivity index (χ0v) is 13.6. The lowest BCUT2D eigenvalue weighted by Crippen LogP contribution is -2.14. The predicted octanol–water partition coefficient (Wildman–Crippen LogP) is 3.64. The standard InChI is InChI=1S/C17H18N2O5/c1-11(2)24-15-7-5-4-6-13(15)18-17(20)12-8-9-16(23-3)14(10-12)19(21)22/h4-11H,1-3H3,(H,18,20). The van der Waals surface area contributed by atoms with Gasteiger partial charge in [0.15, 0.2) is 5.75 Å².